The molecule has 0 spiro atoms. The Morgan fingerprint density at radius 1 is 1.32 bits per heavy atom. The number of rotatable bonds is 2. The van der Waals surface area contributed by atoms with Crippen LogP contribution in [0.15, 0.2) is 24.3 Å². The molecular weight excluding hydrogens is 248 g/mol. The van der Waals surface area contributed by atoms with E-state index in [0.29, 0.717) is 11.4 Å². The van der Waals surface area contributed by atoms with Crippen molar-refractivity contribution in [1.82, 2.24) is 5.32 Å². The Bertz CT molecular complexity index is 527. The smallest absolute Gasteiger partial charge is 0.346 e. The fourth-order valence-corrected chi connectivity index (χ4v) is 2.04. The number of carbonyl (C=O) groups excluding carboxylic acids is 1. The Kier molecular flexibility index (Phi) is 2.77. The van der Waals surface area contributed by atoms with E-state index >= 15 is 0 Å². The molecule has 100 valence electrons. The van der Waals surface area contributed by atoms with Crippen LogP contribution in [0.3, 0.4) is 0 Å². The first kappa shape index (κ1) is 11.8. The molecule has 1 atom stereocenters. The van der Waals surface area contributed by atoms with Crippen LogP contribution in [0.1, 0.15) is 12.8 Å². The molecule has 0 saturated heterocycles. The van der Waals surface area contributed by atoms with Gasteiger partial charge in [0.05, 0.1) is 12.2 Å². The summed E-state index contributed by atoms with van der Waals surface area (Å²) in [5, 5.41) is 11.9. The number of nitrogens with one attached hydrogen (secondary N) is 1. The van der Waals surface area contributed by atoms with Crippen molar-refractivity contribution in [2.24, 2.45) is 0 Å². The van der Waals surface area contributed by atoms with E-state index in [-0.39, 0.29) is 18.6 Å². The summed E-state index contributed by atoms with van der Waals surface area (Å²) in [7, 11) is 0. The number of anilines is 1. The highest BCUT2D eigenvalue weighted by molar-refractivity contribution is 5.95. The van der Waals surface area contributed by atoms with Gasteiger partial charge in [-0.2, -0.15) is 0 Å². The predicted molar refractivity (Wildman–Crippen MR) is 67.4 cm³/mol. The van der Waals surface area contributed by atoms with Crippen molar-refractivity contribution in [3.8, 4) is 5.75 Å². The van der Waals surface area contributed by atoms with Crippen molar-refractivity contribution >= 4 is 17.7 Å². The summed E-state index contributed by atoms with van der Waals surface area (Å²) in [6, 6.07) is 6.93. The lowest BCUT2D eigenvalue weighted by molar-refractivity contribution is -0.144. The third kappa shape index (κ3) is 2.33. The summed E-state index contributed by atoms with van der Waals surface area (Å²) >= 11 is 0. The van der Waals surface area contributed by atoms with E-state index in [1.165, 1.54) is 4.90 Å². The quantitative estimate of drug-likeness (QED) is 0.839. The van der Waals surface area contributed by atoms with E-state index in [1.54, 1.807) is 24.3 Å². The highest BCUT2D eigenvalue weighted by Gasteiger charge is 2.35. The standard InChI is InChI=1S/C13H14N2O4/c16-12(17)11-7-15(13(18)14-8-5-6-8)9-3-1-2-4-10(9)19-11/h1-4,8,11H,5-7H2,(H,14,18)(H,16,17). The molecule has 6 heteroatoms. The van der Waals surface area contributed by atoms with Crippen LogP contribution in [0.25, 0.3) is 0 Å². The van der Waals surface area contributed by atoms with Gasteiger partial charge in [-0.3, -0.25) is 4.90 Å². The number of hydrogen-bond acceptors (Lipinski definition) is 3. The predicted octanol–water partition coefficient (Wildman–Crippen LogP) is 1.21. The van der Waals surface area contributed by atoms with Gasteiger partial charge in [-0.15, -0.1) is 0 Å². The number of para-hydroxylation sites is 2. The van der Waals surface area contributed by atoms with Gasteiger partial charge in [0.2, 0.25) is 6.10 Å². The molecule has 1 unspecified atom stereocenters. The molecule has 2 aliphatic rings. The number of nitrogens with zero attached hydrogens (tertiary/aromatic N) is 1. The normalized spacial score (nSPS) is 21.3. The molecule has 19 heavy (non-hydrogen) atoms. The van der Waals surface area contributed by atoms with Crippen molar-refractivity contribution in [3.63, 3.8) is 0 Å². The number of amides is 2. The van der Waals surface area contributed by atoms with Gasteiger partial charge < -0.3 is 15.2 Å². The average Bonchev–Trinajstić information content (AvgIpc) is 3.21. The van der Waals surface area contributed by atoms with Crippen LogP contribution < -0.4 is 15.0 Å². The summed E-state index contributed by atoms with van der Waals surface area (Å²) < 4.78 is 5.37. The molecule has 0 radical (unpaired) electrons. The van der Waals surface area contributed by atoms with Gasteiger partial charge in [-0.05, 0) is 25.0 Å². The second kappa shape index (κ2) is 4.46. The summed E-state index contributed by atoms with van der Waals surface area (Å²) in [5.41, 5.74) is 0.609. The van der Waals surface area contributed by atoms with Gasteiger partial charge in [0.25, 0.3) is 0 Å². The molecule has 1 aromatic carbocycles. The Morgan fingerprint density at radius 2 is 2.05 bits per heavy atom. The van der Waals surface area contributed by atoms with E-state index in [2.05, 4.69) is 5.32 Å². The number of ether oxygens (including phenoxy) is 1. The van der Waals surface area contributed by atoms with Crippen LogP contribution >= 0.6 is 0 Å². The largest absolute Gasteiger partial charge is 0.478 e. The number of carboxylic acid groups (broad SMARTS) is 1. The first-order chi connectivity index (χ1) is 9.15. The lowest BCUT2D eigenvalue weighted by atomic mass is 10.2. The lowest BCUT2D eigenvalue weighted by Gasteiger charge is -2.33. The maximum absolute atomic E-state index is 12.1. The highest BCUT2D eigenvalue weighted by Crippen LogP contribution is 2.33. The van der Waals surface area contributed by atoms with E-state index in [9.17, 15) is 9.59 Å². The van der Waals surface area contributed by atoms with E-state index < -0.39 is 12.1 Å². The number of aliphatic carboxylic acids is 1. The number of carbonyl (C=O) groups is 2. The molecule has 6 nitrogen and oxygen atoms in total. The van der Waals surface area contributed by atoms with Crippen LogP contribution in [-0.2, 0) is 4.79 Å². The summed E-state index contributed by atoms with van der Waals surface area (Å²) in [5.74, 6) is -0.647. The first-order valence-corrected chi connectivity index (χ1v) is 6.21. The van der Waals surface area contributed by atoms with Crippen molar-refractivity contribution in [2.75, 3.05) is 11.4 Å². The highest BCUT2D eigenvalue weighted by atomic mass is 16.5. The van der Waals surface area contributed by atoms with E-state index in [4.69, 9.17) is 9.84 Å². The second-order valence-electron chi connectivity index (χ2n) is 4.75. The van der Waals surface area contributed by atoms with Crippen molar-refractivity contribution < 1.29 is 19.4 Å². The van der Waals surface area contributed by atoms with E-state index in [0.717, 1.165) is 12.8 Å². The summed E-state index contributed by atoms with van der Waals surface area (Å²) in [6.45, 7) is 0.0187. The number of urea groups is 1. The monoisotopic (exact) mass is 262 g/mol. The fraction of sp³-hybridized carbons (Fsp3) is 0.385. The fourth-order valence-electron chi connectivity index (χ4n) is 2.04. The number of fused-ring (bicyclic) bond motifs is 1. The molecule has 1 fully saturated rings. The molecule has 3 rings (SSSR count). The van der Waals surface area contributed by atoms with Crippen molar-refractivity contribution in [3.05, 3.63) is 24.3 Å². The average molecular weight is 262 g/mol. The van der Waals surface area contributed by atoms with Gasteiger partial charge in [-0.25, -0.2) is 9.59 Å². The van der Waals surface area contributed by atoms with E-state index in [1.807, 2.05) is 0 Å². The second-order valence-corrected chi connectivity index (χ2v) is 4.75. The van der Waals surface area contributed by atoms with Crippen LogP contribution in [0.2, 0.25) is 0 Å². The molecule has 1 aliphatic heterocycles. The molecule has 0 bridgehead atoms. The minimum Gasteiger partial charge on any atom is -0.478 e. The van der Waals surface area contributed by atoms with Crippen molar-refractivity contribution in [1.29, 1.82) is 0 Å². The van der Waals surface area contributed by atoms with Gasteiger partial charge >= 0.3 is 12.0 Å². The van der Waals surface area contributed by atoms with Gasteiger partial charge in [-0.1, -0.05) is 12.1 Å². The van der Waals surface area contributed by atoms with Crippen LogP contribution in [0.5, 0.6) is 5.75 Å². The molecule has 1 heterocycles. The Hall–Kier alpha value is -2.24. The zero-order valence-corrected chi connectivity index (χ0v) is 10.2. The van der Waals surface area contributed by atoms with Crippen LogP contribution in [0, 0.1) is 0 Å². The molecule has 1 aliphatic carbocycles. The van der Waals surface area contributed by atoms with Gasteiger partial charge in [0.15, 0.2) is 0 Å². The topological polar surface area (TPSA) is 78.9 Å². The van der Waals surface area contributed by atoms with Crippen molar-refractivity contribution in [2.45, 2.75) is 25.0 Å². The Labute approximate surface area is 110 Å². The minimum atomic E-state index is -1.07. The van der Waals surface area contributed by atoms with Gasteiger partial charge in [0, 0.05) is 6.04 Å². The number of benzene rings is 1. The summed E-state index contributed by atoms with van der Waals surface area (Å²) in [6.07, 6.45) is 0.944. The first-order valence-electron chi connectivity index (χ1n) is 6.21. The SMILES string of the molecule is O=C(O)C1CN(C(=O)NC2CC2)c2ccccc2O1. The molecular formula is C13H14N2O4. The Balaban J connectivity index is 1.88. The molecule has 1 saturated carbocycles. The molecule has 2 N–H and O–H groups in total. The maximum atomic E-state index is 12.1. The zero-order valence-electron chi connectivity index (χ0n) is 10.2. The number of carboxylic acids is 1. The molecule has 0 aromatic heterocycles. The Morgan fingerprint density at radius 3 is 2.74 bits per heavy atom. The van der Waals surface area contributed by atoms with Crippen LogP contribution in [-0.4, -0.2) is 35.8 Å². The van der Waals surface area contributed by atoms with Gasteiger partial charge in [0.1, 0.15) is 5.75 Å². The maximum Gasteiger partial charge on any atom is 0.346 e. The summed E-state index contributed by atoms with van der Waals surface area (Å²) in [4.78, 5) is 24.7. The third-order valence-corrected chi connectivity index (χ3v) is 3.20. The molecule has 2 amide bonds. The van der Waals surface area contributed by atoms with Crippen LogP contribution in [0.4, 0.5) is 10.5 Å². The lowest BCUT2D eigenvalue weighted by Crippen LogP contribution is -2.50. The third-order valence-electron chi connectivity index (χ3n) is 3.20. The number of hydrogen-bond donors (Lipinski definition) is 2. The molecule has 1 aromatic rings. The zero-order chi connectivity index (χ0) is 13.4. The minimum absolute atomic E-state index is 0.0187.